The van der Waals surface area contributed by atoms with Crippen molar-refractivity contribution in [2.75, 3.05) is 26.2 Å². The lowest BCUT2D eigenvalue weighted by molar-refractivity contribution is -0.123. The van der Waals surface area contributed by atoms with Crippen molar-refractivity contribution in [2.45, 2.75) is 135 Å². The minimum absolute atomic E-state index is 0.0650. The highest BCUT2D eigenvalue weighted by atomic mass is 16.6. The first-order valence-electron chi connectivity index (χ1n) is 19.8. The molecule has 2 aliphatic heterocycles. The Bertz CT molecular complexity index is 1580. The van der Waals surface area contributed by atoms with Gasteiger partial charge in [0.1, 0.15) is 5.60 Å². The number of aryl methyl sites for hydroxylation is 2. The largest absolute Gasteiger partial charge is 0.465 e. The number of hydrogen-bond donors (Lipinski definition) is 4. The summed E-state index contributed by atoms with van der Waals surface area (Å²) in [7, 11) is 0. The normalized spacial score (nSPS) is 15.2. The molecule has 0 bridgehead atoms. The van der Waals surface area contributed by atoms with E-state index in [-0.39, 0.29) is 30.0 Å². The van der Waals surface area contributed by atoms with E-state index in [4.69, 9.17) is 9.84 Å². The van der Waals surface area contributed by atoms with Gasteiger partial charge in [-0.25, -0.2) is 14.3 Å². The van der Waals surface area contributed by atoms with E-state index in [0.717, 1.165) is 82.1 Å². The standard InChI is InChI=1S/C25H37N5O3.C14H23N5O3/c1-25(2,3)33-24(32)29-16-14-21(15-17-29)26-23(31)13-9-5-8-12-22-19-30(28-27-22)18-20-10-6-4-7-11-20;20-13(5-3-1-2-4-12-10-15-18-17-12)16-11-6-8-19(9-7-11)14(21)22/h4,6-7,10-11,19,21H,5,8-9,12-18H2,1-3H3,(H,26,31);10-11H,1-9H2,(H,16,20)(H,21,22)(H,15,17,18). The summed E-state index contributed by atoms with van der Waals surface area (Å²) >= 11 is 0. The van der Waals surface area contributed by atoms with Crippen LogP contribution in [0, 0.1) is 0 Å². The van der Waals surface area contributed by atoms with Gasteiger partial charge >= 0.3 is 12.2 Å². The Hall–Kier alpha value is -5.02. The van der Waals surface area contributed by atoms with Crippen LogP contribution in [0.2, 0.25) is 0 Å². The summed E-state index contributed by atoms with van der Waals surface area (Å²) in [6.45, 7) is 8.56. The number of nitrogens with zero attached hydrogens (tertiary/aromatic N) is 7. The fourth-order valence-corrected chi connectivity index (χ4v) is 6.53. The molecule has 2 saturated heterocycles. The number of carbonyl (C=O) groups is 4. The number of piperidine rings is 2. The summed E-state index contributed by atoms with van der Waals surface area (Å²) in [5.41, 5.74) is 2.66. The van der Waals surface area contributed by atoms with Crippen LogP contribution in [0.1, 0.15) is 115 Å². The molecule has 0 radical (unpaired) electrons. The number of hydrogen-bond acceptors (Lipinski definition) is 9. The molecule has 2 aliphatic rings. The van der Waals surface area contributed by atoms with Crippen molar-refractivity contribution in [3.63, 3.8) is 0 Å². The van der Waals surface area contributed by atoms with Crippen LogP contribution < -0.4 is 10.6 Å². The van der Waals surface area contributed by atoms with Gasteiger partial charge in [-0.05, 0) is 90.5 Å². The van der Waals surface area contributed by atoms with Crippen molar-refractivity contribution in [3.05, 3.63) is 59.7 Å². The minimum Gasteiger partial charge on any atom is -0.465 e. The van der Waals surface area contributed by atoms with Gasteiger partial charge in [0.25, 0.3) is 0 Å². The van der Waals surface area contributed by atoms with Crippen molar-refractivity contribution in [3.8, 4) is 0 Å². The number of aromatic nitrogens is 6. The first-order chi connectivity index (χ1) is 26.4. The molecule has 0 aliphatic carbocycles. The van der Waals surface area contributed by atoms with Gasteiger partial charge in [-0.3, -0.25) is 14.7 Å². The van der Waals surface area contributed by atoms with Crippen LogP contribution in [0.3, 0.4) is 0 Å². The zero-order valence-electron chi connectivity index (χ0n) is 32.8. The number of carboxylic acid groups (broad SMARTS) is 1. The summed E-state index contributed by atoms with van der Waals surface area (Å²) in [5, 5.41) is 33.7. The Morgan fingerprint density at radius 1 is 0.782 bits per heavy atom. The monoisotopic (exact) mass is 764 g/mol. The van der Waals surface area contributed by atoms with Crippen LogP contribution in [-0.4, -0.2) is 113 Å². The fourth-order valence-electron chi connectivity index (χ4n) is 6.53. The number of nitrogens with one attached hydrogen (secondary N) is 3. The Balaban J connectivity index is 0.000000265. The SMILES string of the molecule is CC(C)(C)OC(=O)N1CCC(NC(=O)CCCCCc2cn(Cc3ccccc3)nn2)CC1.O=C(CCCCCc1c[nH]nn1)NC1CCN(C(=O)O)CC1. The zero-order chi connectivity index (χ0) is 39.5. The maximum absolute atomic E-state index is 12.3. The highest BCUT2D eigenvalue weighted by molar-refractivity contribution is 5.76. The van der Waals surface area contributed by atoms with Crippen LogP contribution in [-0.2, 0) is 33.7 Å². The number of H-pyrrole nitrogens is 1. The van der Waals surface area contributed by atoms with Gasteiger partial charge in [0.2, 0.25) is 11.8 Å². The number of benzene rings is 1. The van der Waals surface area contributed by atoms with Gasteiger partial charge in [0.05, 0.1) is 17.9 Å². The molecule has 4 amide bonds. The summed E-state index contributed by atoms with van der Waals surface area (Å²) < 4.78 is 7.29. The maximum Gasteiger partial charge on any atom is 0.410 e. The molecule has 2 fully saturated rings. The number of carbonyl (C=O) groups excluding carboxylic acids is 3. The molecule has 0 atom stereocenters. The van der Waals surface area contributed by atoms with E-state index in [1.807, 2.05) is 49.8 Å². The molecule has 302 valence electrons. The summed E-state index contributed by atoms with van der Waals surface area (Å²) in [5.74, 6) is 0.162. The van der Waals surface area contributed by atoms with Crippen molar-refractivity contribution >= 4 is 24.0 Å². The van der Waals surface area contributed by atoms with Crippen molar-refractivity contribution < 1.29 is 29.0 Å². The second-order valence-corrected chi connectivity index (χ2v) is 15.4. The van der Waals surface area contributed by atoms with E-state index in [1.165, 1.54) is 10.5 Å². The second kappa shape index (κ2) is 22.4. The van der Waals surface area contributed by atoms with Crippen LogP contribution in [0.4, 0.5) is 9.59 Å². The topological polar surface area (TPSA) is 201 Å². The quantitative estimate of drug-likeness (QED) is 0.142. The van der Waals surface area contributed by atoms with Gasteiger partial charge in [-0.1, -0.05) is 53.6 Å². The third-order valence-electron chi connectivity index (χ3n) is 9.56. The molecular formula is C39H60N10O6. The highest BCUT2D eigenvalue weighted by Gasteiger charge is 2.27. The fraction of sp³-hybridized carbons (Fsp3) is 0.641. The van der Waals surface area contributed by atoms with Crippen molar-refractivity contribution in [1.82, 2.24) is 50.8 Å². The van der Waals surface area contributed by atoms with Gasteiger partial charge in [0, 0.05) is 63.5 Å². The van der Waals surface area contributed by atoms with E-state index < -0.39 is 11.7 Å². The lowest BCUT2D eigenvalue weighted by atomic mass is 10.0. The third kappa shape index (κ3) is 16.9. The Morgan fingerprint density at radius 2 is 1.35 bits per heavy atom. The van der Waals surface area contributed by atoms with Crippen molar-refractivity contribution in [1.29, 1.82) is 0 Å². The highest BCUT2D eigenvalue weighted by Crippen LogP contribution is 2.16. The van der Waals surface area contributed by atoms with Crippen molar-refractivity contribution in [2.24, 2.45) is 0 Å². The van der Waals surface area contributed by atoms with E-state index in [1.54, 1.807) is 11.1 Å². The molecule has 0 spiro atoms. The molecule has 4 N–H and O–H groups in total. The van der Waals surface area contributed by atoms with Crippen LogP contribution in [0.25, 0.3) is 0 Å². The van der Waals surface area contributed by atoms with Crippen LogP contribution in [0.5, 0.6) is 0 Å². The molecule has 5 rings (SSSR count). The van der Waals surface area contributed by atoms with Gasteiger partial charge in [-0.15, -0.1) is 10.2 Å². The zero-order valence-corrected chi connectivity index (χ0v) is 32.8. The van der Waals surface area contributed by atoms with Crippen LogP contribution in [0.15, 0.2) is 42.7 Å². The first kappa shape index (κ1) is 42.7. The van der Waals surface area contributed by atoms with E-state index in [0.29, 0.717) is 51.9 Å². The predicted molar refractivity (Wildman–Crippen MR) is 206 cm³/mol. The third-order valence-corrected chi connectivity index (χ3v) is 9.56. The summed E-state index contributed by atoms with van der Waals surface area (Å²) in [4.78, 5) is 50.2. The molecular weight excluding hydrogens is 704 g/mol. The molecule has 2 aromatic heterocycles. The lowest BCUT2D eigenvalue weighted by Crippen LogP contribution is -2.47. The summed E-state index contributed by atoms with van der Waals surface area (Å²) in [6, 6.07) is 10.5. The predicted octanol–water partition coefficient (Wildman–Crippen LogP) is 5.11. The Kier molecular flexibility index (Phi) is 17.4. The number of amides is 4. The average molecular weight is 765 g/mol. The van der Waals surface area contributed by atoms with E-state index >= 15 is 0 Å². The smallest absolute Gasteiger partial charge is 0.410 e. The van der Waals surface area contributed by atoms with E-state index in [9.17, 15) is 19.2 Å². The molecule has 0 unspecified atom stereocenters. The number of likely N-dealkylation sites (tertiary alicyclic amines) is 2. The van der Waals surface area contributed by atoms with Gasteiger partial charge in [0.15, 0.2) is 0 Å². The molecule has 3 aromatic rings. The number of ether oxygens (including phenoxy) is 1. The molecule has 16 nitrogen and oxygen atoms in total. The summed E-state index contributed by atoms with van der Waals surface area (Å²) in [6.07, 6.45) is 14.1. The molecule has 0 saturated carbocycles. The van der Waals surface area contributed by atoms with Crippen LogP contribution >= 0.6 is 0 Å². The first-order valence-corrected chi connectivity index (χ1v) is 19.8. The second-order valence-electron chi connectivity index (χ2n) is 15.4. The average Bonchev–Trinajstić information content (AvgIpc) is 3.84. The number of aromatic amines is 1. The van der Waals surface area contributed by atoms with E-state index in [2.05, 4.69) is 48.5 Å². The maximum atomic E-state index is 12.3. The number of unbranched alkanes of at least 4 members (excludes halogenated alkanes) is 4. The van der Waals surface area contributed by atoms with Gasteiger partial charge in [-0.2, -0.15) is 0 Å². The lowest BCUT2D eigenvalue weighted by Gasteiger charge is -2.33. The van der Waals surface area contributed by atoms with Gasteiger partial charge < -0.3 is 30.3 Å². The molecule has 16 heteroatoms. The Morgan fingerprint density at radius 3 is 1.87 bits per heavy atom. The molecule has 55 heavy (non-hydrogen) atoms. The molecule has 4 heterocycles. The number of rotatable bonds is 16. The Labute approximate surface area is 324 Å². The minimum atomic E-state index is -0.878. The molecule has 1 aromatic carbocycles.